The standard InChI is InChI=1S/C18H25NO/c1-4-15-12-13-17(20-15)18(19-6-3)16(5-2)14-10-8-7-9-11-14/h7-13,16,18-19H,4-6H2,1-3H3. The molecule has 1 heterocycles. The number of benzene rings is 1. The van der Waals surface area contributed by atoms with Crippen LogP contribution in [0.1, 0.15) is 56.2 Å². The van der Waals surface area contributed by atoms with Gasteiger partial charge in [-0.15, -0.1) is 0 Å². The van der Waals surface area contributed by atoms with Crippen molar-refractivity contribution in [2.45, 2.75) is 45.6 Å². The van der Waals surface area contributed by atoms with Gasteiger partial charge in [-0.2, -0.15) is 0 Å². The van der Waals surface area contributed by atoms with Crippen LogP contribution in [0.2, 0.25) is 0 Å². The highest BCUT2D eigenvalue weighted by Gasteiger charge is 2.25. The number of nitrogens with one attached hydrogen (secondary N) is 1. The van der Waals surface area contributed by atoms with E-state index >= 15 is 0 Å². The molecule has 2 aromatic rings. The number of rotatable bonds is 7. The predicted octanol–water partition coefficient (Wildman–Crippen LogP) is 4.69. The zero-order valence-electron chi connectivity index (χ0n) is 12.7. The van der Waals surface area contributed by atoms with Crippen molar-refractivity contribution in [3.63, 3.8) is 0 Å². The van der Waals surface area contributed by atoms with Gasteiger partial charge in [-0.1, -0.05) is 51.1 Å². The molecule has 0 aliphatic heterocycles. The third-order valence-electron chi connectivity index (χ3n) is 3.83. The average molecular weight is 271 g/mol. The third-order valence-corrected chi connectivity index (χ3v) is 3.83. The van der Waals surface area contributed by atoms with Gasteiger partial charge in [0, 0.05) is 12.3 Å². The van der Waals surface area contributed by atoms with Gasteiger partial charge < -0.3 is 9.73 Å². The molecule has 2 atom stereocenters. The molecule has 108 valence electrons. The lowest BCUT2D eigenvalue weighted by molar-refractivity contribution is 0.353. The largest absolute Gasteiger partial charge is 0.464 e. The molecule has 0 bridgehead atoms. The molecule has 0 saturated heterocycles. The maximum atomic E-state index is 5.99. The van der Waals surface area contributed by atoms with Crippen molar-refractivity contribution in [3.8, 4) is 0 Å². The Morgan fingerprint density at radius 2 is 1.75 bits per heavy atom. The molecule has 0 saturated carbocycles. The lowest BCUT2D eigenvalue weighted by Crippen LogP contribution is -2.26. The van der Waals surface area contributed by atoms with Gasteiger partial charge in [0.2, 0.25) is 0 Å². The minimum Gasteiger partial charge on any atom is -0.464 e. The Balaban J connectivity index is 2.30. The molecule has 0 aliphatic carbocycles. The minimum absolute atomic E-state index is 0.243. The summed E-state index contributed by atoms with van der Waals surface area (Å²) in [4.78, 5) is 0. The Morgan fingerprint density at radius 1 is 1.00 bits per heavy atom. The molecule has 1 N–H and O–H groups in total. The molecule has 2 unspecified atom stereocenters. The first-order valence-corrected chi connectivity index (χ1v) is 7.67. The second kappa shape index (κ2) is 7.30. The monoisotopic (exact) mass is 271 g/mol. The van der Waals surface area contributed by atoms with Gasteiger partial charge in [-0.3, -0.25) is 0 Å². The number of aryl methyl sites for hydroxylation is 1. The predicted molar refractivity (Wildman–Crippen MR) is 84.0 cm³/mol. The molecule has 0 fully saturated rings. The summed E-state index contributed by atoms with van der Waals surface area (Å²) in [7, 11) is 0. The molecule has 0 radical (unpaired) electrons. The molecule has 0 spiro atoms. The van der Waals surface area contributed by atoms with Crippen molar-refractivity contribution in [1.82, 2.24) is 5.32 Å². The first-order valence-electron chi connectivity index (χ1n) is 7.67. The summed E-state index contributed by atoms with van der Waals surface area (Å²) in [5.41, 5.74) is 1.37. The highest BCUT2D eigenvalue weighted by molar-refractivity contribution is 5.24. The van der Waals surface area contributed by atoms with E-state index < -0.39 is 0 Å². The van der Waals surface area contributed by atoms with Gasteiger partial charge in [0.1, 0.15) is 11.5 Å². The van der Waals surface area contributed by atoms with E-state index in [9.17, 15) is 0 Å². The van der Waals surface area contributed by atoms with Crippen molar-refractivity contribution in [3.05, 3.63) is 59.5 Å². The fraction of sp³-hybridized carbons (Fsp3) is 0.444. The van der Waals surface area contributed by atoms with E-state index in [1.807, 2.05) is 0 Å². The van der Waals surface area contributed by atoms with Crippen molar-refractivity contribution in [1.29, 1.82) is 0 Å². The molecule has 0 amide bonds. The topological polar surface area (TPSA) is 25.2 Å². The fourth-order valence-corrected chi connectivity index (χ4v) is 2.78. The summed E-state index contributed by atoms with van der Waals surface area (Å²) in [6.07, 6.45) is 2.03. The molecular formula is C18H25NO. The van der Waals surface area contributed by atoms with E-state index in [0.29, 0.717) is 5.92 Å². The van der Waals surface area contributed by atoms with Crippen LogP contribution >= 0.6 is 0 Å². The zero-order chi connectivity index (χ0) is 14.4. The van der Waals surface area contributed by atoms with Crippen molar-refractivity contribution < 1.29 is 4.42 Å². The Bertz CT molecular complexity index is 503. The van der Waals surface area contributed by atoms with Crippen LogP contribution < -0.4 is 5.32 Å². The van der Waals surface area contributed by atoms with Gasteiger partial charge in [0.05, 0.1) is 6.04 Å². The van der Waals surface area contributed by atoms with Gasteiger partial charge in [0.25, 0.3) is 0 Å². The van der Waals surface area contributed by atoms with Crippen LogP contribution in [0.25, 0.3) is 0 Å². The zero-order valence-corrected chi connectivity index (χ0v) is 12.7. The van der Waals surface area contributed by atoms with E-state index in [1.165, 1.54) is 5.56 Å². The van der Waals surface area contributed by atoms with Crippen LogP contribution in [0.3, 0.4) is 0 Å². The molecule has 1 aromatic carbocycles. The van der Waals surface area contributed by atoms with Gasteiger partial charge in [0.15, 0.2) is 0 Å². The Hall–Kier alpha value is -1.54. The first-order chi connectivity index (χ1) is 9.80. The van der Waals surface area contributed by atoms with Crippen LogP contribution in [0.4, 0.5) is 0 Å². The van der Waals surface area contributed by atoms with Crippen LogP contribution in [0.5, 0.6) is 0 Å². The molecule has 2 heteroatoms. The van der Waals surface area contributed by atoms with E-state index in [-0.39, 0.29) is 6.04 Å². The number of furan rings is 1. The van der Waals surface area contributed by atoms with E-state index in [4.69, 9.17) is 4.42 Å². The summed E-state index contributed by atoms with van der Waals surface area (Å²) >= 11 is 0. The number of hydrogen-bond acceptors (Lipinski definition) is 2. The molecular weight excluding hydrogens is 246 g/mol. The second-order valence-electron chi connectivity index (χ2n) is 5.12. The highest BCUT2D eigenvalue weighted by atomic mass is 16.3. The van der Waals surface area contributed by atoms with Crippen LogP contribution in [-0.4, -0.2) is 6.54 Å². The summed E-state index contributed by atoms with van der Waals surface area (Å²) in [6, 6.07) is 15.2. The van der Waals surface area contributed by atoms with E-state index in [0.717, 1.165) is 30.9 Å². The fourth-order valence-electron chi connectivity index (χ4n) is 2.78. The molecule has 0 aliphatic rings. The lowest BCUT2D eigenvalue weighted by atomic mass is 9.88. The first kappa shape index (κ1) is 14.9. The summed E-state index contributed by atoms with van der Waals surface area (Å²) in [5.74, 6) is 2.55. The summed E-state index contributed by atoms with van der Waals surface area (Å²) < 4.78 is 5.99. The summed E-state index contributed by atoms with van der Waals surface area (Å²) in [5, 5.41) is 3.59. The van der Waals surface area contributed by atoms with Crippen LogP contribution in [-0.2, 0) is 6.42 Å². The number of likely N-dealkylation sites (N-methyl/N-ethyl adjacent to an activating group) is 1. The molecule has 1 aromatic heterocycles. The van der Waals surface area contributed by atoms with Gasteiger partial charge >= 0.3 is 0 Å². The second-order valence-corrected chi connectivity index (χ2v) is 5.12. The van der Waals surface area contributed by atoms with Crippen molar-refractivity contribution in [2.24, 2.45) is 0 Å². The Morgan fingerprint density at radius 3 is 2.30 bits per heavy atom. The molecule has 2 nitrogen and oxygen atoms in total. The van der Waals surface area contributed by atoms with E-state index in [1.54, 1.807) is 0 Å². The maximum Gasteiger partial charge on any atom is 0.121 e. The Labute approximate surface area is 122 Å². The smallest absolute Gasteiger partial charge is 0.121 e. The van der Waals surface area contributed by atoms with Crippen molar-refractivity contribution in [2.75, 3.05) is 6.54 Å². The molecule has 2 rings (SSSR count). The van der Waals surface area contributed by atoms with Gasteiger partial charge in [-0.25, -0.2) is 0 Å². The van der Waals surface area contributed by atoms with Crippen LogP contribution in [0.15, 0.2) is 46.9 Å². The lowest BCUT2D eigenvalue weighted by Gasteiger charge is -2.26. The van der Waals surface area contributed by atoms with E-state index in [2.05, 4.69) is 68.6 Å². The van der Waals surface area contributed by atoms with Crippen LogP contribution in [0, 0.1) is 0 Å². The average Bonchev–Trinajstić information content (AvgIpc) is 2.97. The minimum atomic E-state index is 0.243. The normalized spacial score (nSPS) is 14.2. The van der Waals surface area contributed by atoms with Gasteiger partial charge in [-0.05, 0) is 30.7 Å². The van der Waals surface area contributed by atoms with Crippen molar-refractivity contribution >= 4 is 0 Å². The quantitative estimate of drug-likeness (QED) is 0.790. The Kier molecular flexibility index (Phi) is 5.42. The maximum absolute atomic E-state index is 5.99. The third kappa shape index (κ3) is 3.31. The summed E-state index contributed by atoms with van der Waals surface area (Å²) in [6.45, 7) is 7.45. The molecule has 20 heavy (non-hydrogen) atoms. The number of hydrogen-bond donors (Lipinski definition) is 1. The SMILES string of the molecule is CCNC(c1ccc(CC)o1)C(CC)c1ccccc1. The highest BCUT2D eigenvalue weighted by Crippen LogP contribution is 2.34.